The average molecular weight is 325 g/mol. The van der Waals surface area contributed by atoms with Crippen LogP contribution >= 0.6 is 0 Å². The maximum atomic E-state index is 6.41. The molecule has 2 saturated carbocycles. The van der Waals surface area contributed by atoms with E-state index in [2.05, 4.69) is 38.2 Å². The molecule has 3 fully saturated rings. The first-order valence-electron chi connectivity index (χ1n) is 10.1. The Kier molecular flexibility index (Phi) is 3.26. The zero-order chi connectivity index (χ0) is 16.5. The summed E-state index contributed by atoms with van der Waals surface area (Å²) >= 11 is 0. The molecule has 0 aromatic heterocycles. The normalized spacial score (nSPS) is 40.6. The summed E-state index contributed by atoms with van der Waals surface area (Å²) in [5.74, 6) is 0.665. The van der Waals surface area contributed by atoms with Gasteiger partial charge in [0.2, 0.25) is 0 Å². The number of fused-ring (bicyclic) bond motifs is 2. The van der Waals surface area contributed by atoms with Crippen molar-refractivity contribution < 1.29 is 4.74 Å². The molecule has 1 aliphatic heterocycles. The first-order valence-corrected chi connectivity index (χ1v) is 10.1. The predicted molar refractivity (Wildman–Crippen MR) is 97.9 cm³/mol. The fraction of sp³-hybridized carbons (Fsp3) is 0.727. The van der Waals surface area contributed by atoms with Gasteiger partial charge in [0.25, 0.3) is 0 Å². The summed E-state index contributed by atoms with van der Waals surface area (Å²) in [7, 11) is 0. The fourth-order valence-electron chi connectivity index (χ4n) is 5.49. The van der Waals surface area contributed by atoms with Crippen LogP contribution in [0.5, 0.6) is 0 Å². The maximum Gasteiger partial charge on any atom is 0.120 e. The van der Waals surface area contributed by atoms with Crippen LogP contribution in [0, 0.1) is 11.3 Å². The highest BCUT2D eigenvalue weighted by molar-refractivity contribution is 5.56. The molecule has 0 radical (unpaired) electrons. The predicted octanol–water partition coefficient (Wildman–Crippen LogP) is 4.68. The van der Waals surface area contributed by atoms with Crippen LogP contribution in [-0.4, -0.2) is 24.3 Å². The quantitative estimate of drug-likeness (QED) is 0.759. The summed E-state index contributed by atoms with van der Waals surface area (Å²) in [6.07, 6.45) is 14.3. The molecule has 0 aromatic rings. The first-order chi connectivity index (χ1) is 11.5. The standard InChI is InChI=1S/C22H31NO/c1-14(2)17-8-9-21(3)10-11-22-18(20(17)21)7-4-15(12-19(22)24-22)13-23-16-5-6-16/h4,7,14,16,19,23H,5-6,8-13H2,1-3H3/t19-,21+,22-/m0/s1. The topological polar surface area (TPSA) is 24.6 Å². The van der Waals surface area contributed by atoms with Crippen molar-refractivity contribution in [1.82, 2.24) is 5.32 Å². The van der Waals surface area contributed by atoms with Gasteiger partial charge in [0, 0.05) is 12.6 Å². The molecule has 0 bridgehead atoms. The minimum absolute atomic E-state index is 0.0666. The maximum absolute atomic E-state index is 6.41. The van der Waals surface area contributed by atoms with Crippen molar-refractivity contribution in [3.05, 3.63) is 34.4 Å². The lowest BCUT2D eigenvalue weighted by atomic mass is 9.64. The second-order valence-electron chi connectivity index (χ2n) is 9.38. The molecule has 0 amide bonds. The Hall–Kier alpha value is -0.860. The van der Waals surface area contributed by atoms with Gasteiger partial charge in [0.15, 0.2) is 0 Å². The first kappa shape index (κ1) is 15.4. The summed E-state index contributed by atoms with van der Waals surface area (Å²) in [5, 5.41) is 3.69. The highest BCUT2D eigenvalue weighted by Crippen LogP contribution is 2.65. The molecular formula is C22H31NO. The third-order valence-electron chi connectivity index (χ3n) is 7.28. The van der Waals surface area contributed by atoms with Gasteiger partial charge in [0.05, 0.1) is 6.10 Å². The van der Waals surface area contributed by atoms with Gasteiger partial charge >= 0.3 is 0 Å². The molecule has 2 nitrogen and oxygen atoms in total. The van der Waals surface area contributed by atoms with E-state index in [-0.39, 0.29) is 5.60 Å². The van der Waals surface area contributed by atoms with Gasteiger partial charge in [-0.3, -0.25) is 0 Å². The SMILES string of the molecule is CC(C)C1=C2C3=CC=C(CNC4CC4)C[C@@H]4O[C@@]34CC[C@@]2(C)CC1. The molecule has 5 rings (SSSR count). The zero-order valence-electron chi connectivity index (χ0n) is 15.5. The van der Waals surface area contributed by atoms with Gasteiger partial charge in [-0.25, -0.2) is 0 Å². The number of allylic oxidation sites excluding steroid dienone is 3. The molecule has 0 aromatic carbocycles. The Balaban J connectivity index is 1.52. The molecule has 24 heavy (non-hydrogen) atoms. The molecule has 4 aliphatic carbocycles. The van der Waals surface area contributed by atoms with E-state index < -0.39 is 0 Å². The summed E-state index contributed by atoms with van der Waals surface area (Å²) < 4.78 is 6.41. The molecule has 2 heteroatoms. The molecule has 3 atom stereocenters. The second-order valence-corrected chi connectivity index (χ2v) is 9.38. The molecule has 1 spiro atoms. The van der Waals surface area contributed by atoms with Crippen molar-refractivity contribution in [3.8, 4) is 0 Å². The molecular weight excluding hydrogens is 294 g/mol. The molecule has 1 N–H and O–H groups in total. The third kappa shape index (κ3) is 2.22. The van der Waals surface area contributed by atoms with Crippen molar-refractivity contribution in [2.45, 2.75) is 83.5 Å². The van der Waals surface area contributed by atoms with Crippen molar-refractivity contribution in [1.29, 1.82) is 0 Å². The van der Waals surface area contributed by atoms with Crippen molar-refractivity contribution in [3.63, 3.8) is 0 Å². The smallest absolute Gasteiger partial charge is 0.120 e. The van der Waals surface area contributed by atoms with Gasteiger partial charge in [0.1, 0.15) is 5.60 Å². The van der Waals surface area contributed by atoms with Crippen LogP contribution < -0.4 is 5.32 Å². The van der Waals surface area contributed by atoms with Crippen LogP contribution in [0.25, 0.3) is 0 Å². The van der Waals surface area contributed by atoms with E-state index in [1.54, 1.807) is 16.7 Å². The largest absolute Gasteiger partial charge is 0.361 e. The average Bonchev–Trinajstić information content (AvgIpc) is 3.42. The van der Waals surface area contributed by atoms with Crippen LogP contribution in [0.3, 0.4) is 0 Å². The van der Waals surface area contributed by atoms with E-state index >= 15 is 0 Å². The summed E-state index contributed by atoms with van der Waals surface area (Å²) in [5.41, 5.74) is 6.97. The number of rotatable bonds is 4. The summed E-state index contributed by atoms with van der Waals surface area (Å²) in [6, 6.07) is 0.784. The number of hydrogen-bond donors (Lipinski definition) is 1. The Bertz CT molecular complexity index is 665. The second kappa shape index (κ2) is 5.08. The number of nitrogens with one attached hydrogen (secondary N) is 1. The van der Waals surface area contributed by atoms with Crippen LogP contribution in [0.1, 0.15) is 65.7 Å². The number of epoxide rings is 1. The highest BCUT2D eigenvalue weighted by atomic mass is 16.6. The Morgan fingerprint density at radius 1 is 1.21 bits per heavy atom. The lowest BCUT2D eigenvalue weighted by Gasteiger charge is -2.39. The monoisotopic (exact) mass is 325 g/mol. The highest BCUT2D eigenvalue weighted by Gasteiger charge is 2.64. The van der Waals surface area contributed by atoms with E-state index in [0.717, 1.165) is 19.0 Å². The minimum Gasteiger partial charge on any atom is -0.361 e. The van der Waals surface area contributed by atoms with Crippen molar-refractivity contribution in [2.75, 3.05) is 6.54 Å². The van der Waals surface area contributed by atoms with Gasteiger partial charge in [-0.1, -0.05) is 44.1 Å². The number of hydrogen-bond acceptors (Lipinski definition) is 2. The van der Waals surface area contributed by atoms with Crippen LogP contribution in [0.4, 0.5) is 0 Å². The van der Waals surface area contributed by atoms with Crippen molar-refractivity contribution in [2.24, 2.45) is 11.3 Å². The van der Waals surface area contributed by atoms with Gasteiger partial charge < -0.3 is 10.1 Å². The van der Waals surface area contributed by atoms with Gasteiger partial charge in [-0.2, -0.15) is 0 Å². The Morgan fingerprint density at radius 3 is 2.79 bits per heavy atom. The fourth-order valence-corrected chi connectivity index (χ4v) is 5.49. The van der Waals surface area contributed by atoms with Gasteiger partial charge in [-0.15, -0.1) is 0 Å². The van der Waals surface area contributed by atoms with Crippen LogP contribution in [0.2, 0.25) is 0 Å². The lowest BCUT2D eigenvalue weighted by molar-refractivity contribution is 0.235. The third-order valence-corrected chi connectivity index (χ3v) is 7.28. The summed E-state index contributed by atoms with van der Waals surface area (Å²) in [4.78, 5) is 0. The molecule has 130 valence electrons. The molecule has 0 unspecified atom stereocenters. The van der Waals surface area contributed by atoms with Gasteiger partial charge in [-0.05, 0) is 67.4 Å². The van der Waals surface area contributed by atoms with E-state index in [4.69, 9.17) is 4.74 Å². The van der Waals surface area contributed by atoms with Crippen LogP contribution in [0.15, 0.2) is 34.4 Å². The zero-order valence-corrected chi connectivity index (χ0v) is 15.5. The number of ether oxygens (including phenoxy) is 1. The Morgan fingerprint density at radius 2 is 2.04 bits per heavy atom. The summed E-state index contributed by atoms with van der Waals surface area (Å²) in [6.45, 7) is 8.31. The van der Waals surface area contributed by atoms with E-state index in [0.29, 0.717) is 17.4 Å². The molecule has 5 aliphatic rings. The van der Waals surface area contributed by atoms with E-state index in [1.807, 2.05) is 0 Å². The van der Waals surface area contributed by atoms with E-state index in [1.165, 1.54) is 44.1 Å². The minimum atomic E-state index is 0.0666. The van der Waals surface area contributed by atoms with Crippen LogP contribution in [-0.2, 0) is 4.74 Å². The van der Waals surface area contributed by atoms with E-state index in [9.17, 15) is 0 Å². The van der Waals surface area contributed by atoms with Crippen molar-refractivity contribution >= 4 is 0 Å². The molecule has 1 heterocycles. The lowest BCUT2D eigenvalue weighted by Crippen LogP contribution is -2.34. The Labute approximate surface area is 146 Å². The molecule has 1 saturated heterocycles.